The van der Waals surface area contributed by atoms with Crippen LogP contribution in [0.25, 0.3) is 11.1 Å². The molecule has 0 radical (unpaired) electrons. The van der Waals surface area contributed by atoms with Crippen molar-refractivity contribution in [2.45, 2.75) is 13.8 Å². The van der Waals surface area contributed by atoms with Crippen molar-refractivity contribution in [3.05, 3.63) is 40.1 Å². The number of hydrogen-bond acceptors (Lipinski definition) is 2. The van der Waals surface area contributed by atoms with Crippen molar-refractivity contribution in [3.8, 4) is 11.1 Å². The lowest BCUT2D eigenvalue weighted by molar-refractivity contribution is 1.46. The Hall–Kier alpha value is -1.28. The third kappa shape index (κ3) is 1.53. The summed E-state index contributed by atoms with van der Waals surface area (Å²) in [4.78, 5) is 1.28. The Balaban J connectivity index is 2.54. The van der Waals surface area contributed by atoms with Crippen LogP contribution in [0.1, 0.15) is 10.4 Å². The maximum absolute atomic E-state index is 5.92. The largest absolute Gasteiger partial charge is 0.398 e. The van der Waals surface area contributed by atoms with Crippen molar-refractivity contribution < 1.29 is 0 Å². The lowest BCUT2D eigenvalue weighted by atomic mass is 10.0. The highest BCUT2D eigenvalue weighted by molar-refractivity contribution is 7.11. The van der Waals surface area contributed by atoms with Gasteiger partial charge in [-0.05, 0) is 19.4 Å². The van der Waals surface area contributed by atoms with Gasteiger partial charge in [0, 0.05) is 15.8 Å². The summed E-state index contributed by atoms with van der Waals surface area (Å²) in [7, 11) is 0. The van der Waals surface area contributed by atoms with Gasteiger partial charge in [-0.1, -0.05) is 29.8 Å². The molecule has 2 N–H and O–H groups in total. The average molecular weight is 203 g/mol. The van der Waals surface area contributed by atoms with E-state index in [9.17, 15) is 0 Å². The van der Waals surface area contributed by atoms with Gasteiger partial charge in [0.1, 0.15) is 0 Å². The van der Waals surface area contributed by atoms with Crippen LogP contribution < -0.4 is 5.73 Å². The molecule has 0 saturated heterocycles. The first kappa shape index (κ1) is 9.28. The van der Waals surface area contributed by atoms with Crippen LogP contribution in [0, 0.1) is 13.8 Å². The lowest BCUT2D eigenvalue weighted by Gasteiger charge is -2.02. The fourth-order valence-electron chi connectivity index (χ4n) is 1.56. The predicted octanol–water partition coefficient (Wildman–Crippen LogP) is 3.61. The van der Waals surface area contributed by atoms with E-state index in [1.165, 1.54) is 21.6 Å². The third-order valence-corrected chi connectivity index (χ3v) is 3.27. The molecule has 0 aliphatic rings. The zero-order valence-corrected chi connectivity index (χ0v) is 9.19. The second-order valence-electron chi connectivity index (χ2n) is 3.49. The Morgan fingerprint density at radius 2 is 1.71 bits per heavy atom. The summed E-state index contributed by atoms with van der Waals surface area (Å²) in [5, 5.41) is 2.00. The standard InChI is InChI=1S/C12H13NS/c1-8-3-5-10(6-4-8)12-9(2)14-7-11(12)13/h3-7H,13H2,1-2H3. The monoisotopic (exact) mass is 203 g/mol. The molecule has 1 heterocycles. The van der Waals surface area contributed by atoms with E-state index in [1.54, 1.807) is 11.3 Å². The molecule has 0 spiro atoms. The average Bonchev–Trinajstić information content (AvgIpc) is 2.49. The van der Waals surface area contributed by atoms with Gasteiger partial charge in [0.15, 0.2) is 0 Å². The molecule has 2 heteroatoms. The zero-order chi connectivity index (χ0) is 10.1. The highest BCUT2D eigenvalue weighted by Gasteiger charge is 2.07. The maximum Gasteiger partial charge on any atom is 0.0505 e. The van der Waals surface area contributed by atoms with Crippen LogP contribution >= 0.6 is 11.3 Å². The van der Waals surface area contributed by atoms with Crippen molar-refractivity contribution in [2.75, 3.05) is 5.73 Å². The van der Waals surface area contributed by atoms with Crippen molar-refractivity contribution in [3.63, 3.8) is 0 Å². The van der Waals surface area contributed by atoms with Gasteiger partial charge < -0.3 is 5.73 Å². The fourth-order valence-corrected chi connectivity index (χ4v) is 2.34. The Morgan fingerprint density at radius 1 is 1.07 bits per heavy atom. The molecule has 0 fully saturated rings. The molecular weight excluding hydrogens is 190 g/mol. The van der Waals surface area contributed by atoms with Gasteiger partial charge in [-0.3, -0.25) is 0 Å². The molecule has 72 valence electrons. The molecule has 0 bridgehead atoms. The molecule has 0 amide bonds. The van der Waals surface area contributed by atoms with E-state index in [2.05, 4.69) is 38.1 Å². The molecule has 1 nitrogen and oxygen atoms in total. The number of thiophene rings is 1. The summed E-state index contributed by atoms with van der Waals surface area (Å²) in [6.07, 6.45) is 0. The van der Waals surface area contributed by atoms with Gasteiger partial charge in [-0.15, -0.1) is 11.3 Å². The SMILES string of the molecule is Cc1ccc(-c2c(N)csc2C)cc1. The number of benzene rings is 1. The number of anilines is 1. The van der Waals surface area contributed by atoms with E-state index < -0.39 is 0 Å². The van der Waals surface area contributed by atoms with Gasteiger partial charge >= 0.3 is 0 Å². The van der Waals surface area contributed by atoms with Crippen molar-refractivity contribution in [1.82, 2.24) is 0 Å². The van der Waals surface area contributed by atoms with Crippen LogP contribution in [-0.4, -0.2) is 0 Å². The van der Waals surface area contributed by atoms with Crippen LogP contribution in [0.4, 0.5) is 5.69 Å². The molecule has 0 unspecified atom stereocenters. The summed E-state index contributed by atoms with van der Waals surface area (Å²) in [6, 6.07) is 8.49. The van der Waals surface area contributed by atoms with E-state index in [0.717, 1.165) is 5.69 Å². The quantitative estimate of drug-likeness (QED) is 0.752. The van der Waals surface area contributed by atoms with Crippen LogP contribution in [0.2, 0.25) is 0 Å². The molecule has 2 rings (SSSR count). The molecule has 0 aliphatic carbocycles. The van der Waals surface area contributed by atoms with Gasteiger partial charge in [-0.2, -0.15) is 0 Å². The van der Waals surface area contributed by atoms with E-state index >= 15 is 0 Å². The van der Waals surface area contributed by atoms with Gasteiger partial charge in [0.25, 0.3) is 0 Å². The lowest BCUT2D eigenvalue weighted by Crippen LogP contribution is -1.86. The van der Waals surface area contributed by atoms with E-state index in [0.29, 0.717) is 0 Å². The molecule has 0 saturated carbocycles. The topological polar surface area (TPSA) is 26.0 Å². The second kappa shape index (κ2) is 3.46. The van der Waals surface area contributed by atoms with Crippen LogP contribution in [0.15, 0.2) is 29.6 Å². The normalized spacial score (nSPS) is 10.4. The minimum Gasteiger partial charge on any atom is -0.398 e. The minimum absolute atomic E-state index is 0.886. The fraction of sp³-hybridized carbons (Fsp3) is 0.167. The first-order valence-corrected chi connectivity index (χ1v) is 5.47. The Morgan fingerprint density at radius 3 is 2.21 bits per heavy atom. The van der Waals surface area contributed by atoms with Crippen LogP contribution in [-0.2, 0) is 0 Å². The zero-order valence-electron chi connectivity index (χ0n) is 8.37. The maximum atomic E-state index is 5.92. The summed E-state index contributed by atoms with van der Waals surface area (Å²) >= 11 is 1.71. The van der Waals surface area contributed by atoms with Gasteiger partial charge in [0.05, 0.1) is 5.69 Å². The van der Waals surface area contributed by atoms with Gasteiger partial charge in [-0.25, -0.2) is 0 Å². The van der Waals surface area contributed by atoms with Crippen molar-refractivity contribution in [1.29, 1.82) is 0 Å². The first-order valence-electron chi connectivity index (χ1n) is 4.59. The molecule has 2 aromatic rings. The molecule has 14 heavy (non-hydrogen) atoms. The predicted molar refractivity (Wildman–Crippen MR) is 63.6 cm³/mol. The van der Waals surface area contributed by atoms with E-state index in [-0.39, 0.29) is 0 Å². The number of hydrogen-bond donors (Lipinski definition) is 1. The van der Waals surface area contributed by atoms with E-state index in [1.807, 2.05) is 5.38 Å². The van der Waals surface area contributed by atoms with E-state index in [4.69, 9.17) is 5.73 Å². The summed E-state index contributed by atoms with van der Waals surface area (Å²) < 4.78 is 0. The highest BCUT2D eigenvalue weighted by atomic mass is 32.1. The molecule has 1 aromatic heterocycles. The number of aryl methyl sites for hydroxylation is 2. The number of nitrogen functional groups attached to an aromatic ring is 1. The Bertz CT molecular complexity index is 420. The molecule has 1 aromatic carbocycles. The molecular formula is C12H13NS. The smallest absolute Gasteiger partial charge is 0.0505 e. The second-order valence-corrected chi connectivity index (χ2v) is 4.57. The first-order chi connectivity index (χ1) is 6.68. The summed E-state index contributed by atoms with van der Waals surface area (Å²) in [6.45, 7) is 4.20. The Labute approximate surface area is 88.2 Å². The summed E-state index contributed by atoms with van der Waals surface area (Å²) in [5.74, 6) is 0. The van der Waals surface area contributed by atoms with Crippen molar-refractivity contribution in [2.24, 2.45) is 0 Å². The van der Waals surface area contributed by atoms with Crippen molar-refractivity contribution >= 4 is 17.0 Å². The number of nitrogens with two attached hydrogens (primary N) is 1. The van der Waals surface area contributed by atoms with Gasteiger partial charge in [0.2, 0.25) is 0 Å². The molecule has 0 atom stereocenters. The number of rotatable bonds is 1. The minimum atomic E-state index is 0.886. The van der Waals surface area contributed by atoms with Crippen LogP contribution in [0.5, 0.6) is 0 Å². The molecule has 0 aliphatic heterocycles. The Kier molecular flexibility index (Phi) is 2.30. The third-order valence-electron chi connectivity index (χ3n) is 2.34. The summed E-state index contributed by atoms with van der Waals surface area (Å²) in [5.41, 5.74) is 10.5. The van der Waals surface area contributed by atoms with Crippen LogP contribution in [0.3, 0.4) is 0 Å². The highest BCUT2D eigenvalue weighted by Crippen LogP contribution is 2.34.